The molecule has 1 unspecified atom stereocenters. The second-order valence-electron chi connectivity index (χ2n) is 7.05. The summed E-state index contributed by atoms with van der Waals surface area (Å²) in [6.45, 7) is 8.50. The van der Waals surface area contributed by atoms with Crippen molar-refractivity contribution in [2.45, 2.75) is 51.5 Å². The number of amides is 3. The van der Waals surface area contributed by atoms with Gasteiger partial charge in [0, 0.05) is 13.2 Å². The number of rotatable bonds is 5. The number of hydrogen-bond donors (Lipinski definition) is 2. The highest BCUT2D eigenvalue weighted by Crippen LogP contribution is 2.34. The zero-order chi connectivity index (χ0) is 17.3. The molecule has 3 amide bonds. The van der Waals surface area contributed by atoms with Gasteiger partial charge in [-0.2, -0.15) is 0 Å². The highest BCUT2D eigenvalue weighted by atomic mass is 16.3. The Balaban J connectivity index is 2.35. The molecule has 1 fully saturated rings. The van der Waals surface area contributed by atoms with Crippen LogP contribution < -0.4 is 5.32 Å². The van der Waals surface area contributed by atoms with Crippen LogP contribution in [0.25, 0.3) is 0 Å². The molecule has 0 aromatic heterocycles. The molecule has 1 heterocycles. The molecule has 0 saturated carbocycles. The number of imide groups is 1. The van der Waals surface area contributed by atoms with Crippen LogP contribution in [0.1, 0.15) is 51.7 Å². The van der Waals surface area contributed by atoms with Crippen LogP contribution in [0.15, 0.2) is 24.3 Å². The summed E-state index contributed by atoms with van der Waals surface area (Å²) in [6.07, 6.45) is 0.879. The lowest BCUT2D eigenvalue weighted by Crippen LogP contribution is -2.43. The normalized spacial score (nSPS) is 21.7. The van der Waals surface area contributed by atoms with Crippen LogP contribution in [-0.4, -0.2) is 35.1 Å². The zero-order valence-corrected chi connectivity index (χ0v) is 14.3. The highest BCUT2D eigenvalue weighted by Gasteiger charge is 2.50. The van der Waals surface area contributed by atoms with E-state index in [2.05, 4.69) is 26.1 Å². The van der Waals surface area contributed by atoms with Crippen LogP contribution in [0.4, 0.5) is 4.79 Å². The van der Waals surface area contributed by atoms with E-state index in [-0.39, 0.29) is 30.5 Å². The van der Waals surface area contributed by atoms with Gasteiger partial charge in [-0.3, -0.25) is 9.69 Å². The van der Waals surface area contributed by atoms with E-state index in [0.29, 0.717) is 12.8 Å². The van der Waals surface area contributed by atoms with Gasteiger partial charge in [0.1, 0.15) is 5.54 Å². The second kappa shape index (κ2) is 6.32. The molecule has 1 saturated heterocycles. The number of aliphatic hydroxyl groups is 1. The Bertz CT molecular complexity index is 589. The number of nitrogens with one attached hydrogen (secondary N) is 1. The first-order valence-electron chi connectivity index (χ1n) is 8.12. The summed E-state index contributed by atoms with van der Waals surface area (Å²) in [7, 11) is 0. The number of hydrogen-bond acceptors (Lipinski definition) is 3. The van der Waals surface area contributed by atoms with Gasteiger partial charge < -0.3 is 10.4 Å². The quantitative estimate of drug-likeness (QED) is 0.820. The average molecular weight is 318 g/mol. The van der Waals surface area contributed by atoms with Crippen molar-refractivity contribution in [2.75, 3.05) is 13.2 Å². The molecular weight excluding hydrogens is 292 g/mol. The van der Waals surface area contributed by atoms with Crippen LogP contribution in [0.5, 0.6) is 0 Å². The van der Waals surface area contributed by atoms with Crippen molar-refractivity contribution in [3.05, 3.63) is 35.4 Å². The van der Waals surface area contributed by atoms with E-state index in [1.165, 1.54) is 10.5 Å². The lowest BCUT2D eigenvalue weighted by Gasteiger charge is -2.27. The monoisotopic (exact) mass is 318 g/mol. The molecule has 1 aromatic rings. The molecule has 5 nitrogen and oxygen atoms in total. The van der Waals surface area contributed by atoms with E-state index in [1.807, 2.05) is 31.2 Å². The molecule has 126 valence electrons. The Morgan fingerprint density at radius 2 is 1.78 bits per heavy atom. The number of carbonyl (C=O) groups is 2. The molecule has 0 spiro atoms. The Morgan fingerprint density at radius 3 is 2.26 bits per heavy atom. The van der Waals surface area contributed by atoms with Crippen LogP contribution in [-0.2, 0) is 15.7 Å². The molecule has 1 atom stereocenters. The number of nitrogens with zero attached hydrogens (tertiary/aromatic N) is 1. The van der Waals surface area contributed by atoms with Crippen molar-refractivity contribution < 1.29 is 14.7 Å². The van der Waals surface area contributed by atoms with E-state index in [1.54, 1.807) is 0 Å². The molecule has 1 aliphatic heterocycles. The third kappa shape index (κ3) is 3.11. The number of aliphatic hydroxyl groups excluding tert-OH is 1. The average Bonchev–Trinajstić information content (AvgIpc) is 2.76. The van der Waals surface area contributed by atoms with Gasteiger partial charge in [0.25, 0.3) is 5.91 Å². The van der Waals surface area contributed by atoms with Gasteiger partial charge in [-0.15, -0.1) is 0 Å². The fourth-order valence-corrected chi connectivity index (χ4v) is 2.95. The molecule has 1 aliphatic rings. The summed E-state index contributed by atoms with van der Waals surface area (Å²) >= 11 is 0. The predicted octanol–water partition coefficient (Wildman–Crippen LogP) is 2.52. The summed E-state index contributed by atoms with van der Waals surface area (Å²) < 4.78 is 0. The maximum Gasteiger partial charge on any atom is 0.325 e. The molecule has 2 rings (SSSR count). The van der Waals surface area contributed by atoms with Crippen molar-refractivity contribution in [1.29, 1.82) is 0 Å². The van der Waals surface area contributed by atoms with Gasteiger partial charge in [0.05, 0.1) is 0 Å². The van der Waals surface area contributed by atoms with Gasteiger partial charge in [0.2, 0.25) is 0 Å². The van der Waals surface area contributed by atoms with Crippen LogP contribution in [0.2, 0.25) is 0 Å². The van der Waals surface area contributed by atoms with E-state index in [9.17, 15) is 9.59 Å². The smallest absolute Gasteiger partial charge is 0.325 e. The van der Waals surface area contributed by atoms with Crippen LogP contribution in [0, 0.1) is 0 Å². The van der Waals surface area contributed by atoms with Crippen molar-refractivity contribution in [3.8, 4) is 0 Å². The minimum atomic E-state index is -0.997. The van der Waals surface area contributed by atoms with E-state index < -0.39 is 5.54 Å². The van der Waals surface area contributed by atoms with Crippen molar-refractivity contribution in [2.24, 2.45) is 0 Å². The molecular formula is C18H26N2O3. The number of urea groups is 1. The summed E-state index contributed by atoms with van der Waals surface area (Å²) in [5.74, 6) is -0.234. The summed E-state index contributed by atoms with van der Waals surface area (Å²) in [6, 6.07) is 7.51. The van der Waals surface area contributed by atoms with Gasteiger partial charge >= 0.3 is 6.03 Å². The summed E-state index contributed by atoms with van der Waals surface area (Å²) in [4.78, 5) is 26.2. The Morgan fingerprint density at radius 1 is 1.17 bits per heavy atom. The molecule has 0 radical (unpaired) electrons. The molecule has 0 aliphatic carbocycles. The molecule has 23 heavy (non-hydrogen) atoms. The Hall–Kier alpha value is -1.88. The first kappa shape index (κ1) is 17.5. The lowest BCUT2D eigenvalue weighted by molar-refractivity contribution is -0.131. The Labute approximate surface area is 137 Å². The fraction of sp³-hybridized carbons (Fsp3) is 0.556. The number of benzene rings is 1. The van der Waals surface area contributed by atoms with Gasteiger partial charge in [-0.25, -0.2) is 4.79 Å². The summed E-state index contributed by atoms with van der Waals surface area (Å²) in [5.41, 5.74) is 1.02. The van der Waals surface area contributed by atoms with Gasteiger partial charge in [-0.05, 0) is 29.4 Å². The predicted molar refractivity (Wildman–Crippen MR) is 89.1 cm³/mol. The molecule has 5 heteroatoms. The van der Waals surface area contributed by atoms with E-state index in [0.717, 1.165) is 5.56 Å². The Kier molecular flexibility index (Phi) is 4.80. The lowest BCUT2D eigenvalue weighted by atomic mass is 9.82. The maximum absolute atomic E-state index is 12.8. The van der Waals surface area contributed by atoms with E-state index in [4.69, 9.17) is 5.11 Å². The standard InChI is InChI=1S/C18H26N2O3/c1-5-18(14-9-7-13(8-10-14)17(2,3)4)15(22)20(11-6-12-21)16(23)19-18/h7-10,21H,5-6,11-12H2,1-4H3,(H,19,23). The van der Waals surface area contributed by atoms with Crippen LogP contribution in [0.3, 0.4) is 0 Å². The minimum Gasteiger partial charge on any atom is -0.396 e. The molecule has 0 bridgehead atoms. The van der Waals surface area contributed by atoms with Crippen molar-refractivity contribution in [1.82, 2.24) is 10.2 Å². The minimum absolute atomic E-state index is 0.0357. The third-order valence-electron chi connectivity index (χ3n) is 4.49. The maximum atomic E-state index is 12.8. The fourth-order valence-electron chi connectivity index (χ4n) is 2.95. The van der Waals surface area contributed by atoms with Gasteiger partial charge in [-0.1, -0.05) is 52.0 Å². The SMILES string of the molecule is CCC1(c2ccc(C(C)(C)C)cc2)NC(=O)N(CCCO)C1=O. The second-order valence-corrected chi connectivity index (χ2v) is 7.05. The molecule has 2 N–H and O–H groups in total. The first-order valence-corrected chi connectivity index (χ1v) is 8.12. The van der Waals surface area contributed by atoms with Crippen molar-refractivity contribution >= 4 is 11.9 Å². The van der Waals surface area contributed by atoms with Crippen LogP contribution >= 0.6 is 0 Å². The highest BCUT2D eigenvalue weighted by molar-refractivity contribution is 6.07. The van der Waals surface area contributed by atoms with Crippen molar-refractivity contribution in [3.63, 3.8) is 0 Å². The largest absolute Gasteiger partial charge is 0.396 e. The zero-order valence-electron chi connectivity index (χ0n) is 14.3. The first-order chi connectivity index (χ1) is 10.8. The third-order valence-corrected chi connectivity index (χ3v) is 4.49. The summed E-state index contributed by atoms with van der Waals surface area (Å²) in [5, 5.41) is 11.8. The van der Waals surface area contributed by atoms with Gasteiger partial charge in [0.15, 0.2) is 0 Å². The topological polar surface area (TPSA) is 69.6 Å². The molecule has 1 aromatic carbocycles. The number of carbonyl (C=O) groups excluding carboxylic acids is 2. The van der Waals surface area contributed by atoms with E-state index >= 15 is 0 Å².